The first-order valence-corrected chi connectivity index (χ1v) is 10.5. The summed E-state index contributed by atoms with van der Waals surface area (Å²) in [5, 5.41) is 10.9. The molecule has 0 bridgehead atoms. The van der Waals surface area contributed by atoms with Crippen LogP contribution in [0.3, 0.4) is 0 Å². The fourth-order valence-electron chi connectivity index (χ4n) is 3.19. The van der Waals surface area contributed by atoms with Crippen molar-refractivity contribution in [3.05, 3.63) is 63.1 Å². The number of aryl methyl sites for hydroxylation is 2. The molecule has 0 radical (unpaired) electrons. The van der Waals surface area contributed by atoms with Crippen molar-refractivity contribution in [2.75, 3.05) is 5.32 Å². The quantitative estimate of drug-likeness (QED) is 0.514. The van der Waals surface area contributed by atoms with Crippen LogP contribution in [0.2, 0.25) is 0 Å². The molecule has 0 aliphatic rings. The van der Waals surface area contributed by atoms with Crippen LogP contribution in [-0.2, 0) is 24.1 Å². The van der Waals surface area contributed by atoms with E-state index in [-0.39, 0.29) is 12.5 Å². The maximum atomic E-state index is 12.8. The molecule has 2 heterocycles. The summed E-state index contributed by atoms with van der Waals surface area (Å²) >= 11 is 3.51. The highest BCUT2D eigenvalue weighted by molar-refractivity contribution is 9.10. The van der Waals surface area contributed by atoms with E-state index < -0.39 is 17.8 Å². The molecule has 0 saturated heterocycles. The molecule has 6 nitrogen and oxygen atoms in total. The fraction of sp³-hybridized carbons (Fsp3) is 0.381. The van der Waals surface area contributed by atoms with E-state index >= 15 is 0 Å². The zero-order chi connectivity index (χ0) is 22.9. The van der Waals surface area contributed by atoms with Crippen LogP contribution in [-0.4, -0.2) is 25.5 Å². The number of rotatable bonds is 6. The molecule has 0 aliphatic heterocycles. The molecule has 2 aromatic heterocycles. The Hall–Kier alpha value is -2.62. The van der Waals surface area contributed by atoms with Gasteiger partial charge in [0.05, 0.1) is 34.9 Å². The van der Waals surface area contributed by atoms with E-state index in [4.69, 9.17) is 0 Å². The normalized spacial score (nSPS) is 12.8. The Morgan fingerprint density at radius 3 is 2.45 bits per heavy atom. The Morgan fingerprint density at radius 2 is 1.87 bits per heavy atom. The van der Waals surface area contributed by atoms with E-state index in [1.54, 1.807) is 13.0 Å². The lowest BCUT2D eigenvalue weighted by atomic mass is 10.1. The van der Waals surface area contributed by atoms with Crippen molar-refractivity contribution < 1.29 is 18.0 Å². The zero-order valence-electron chi connectivity index (χ0n) is 17.6. The van der Waals surface area contributed by atoms with E-state index in [2.05, 4.69) is 31.4 Å². The van der Waals surface area contributed by atoms with Crippen LogP contribution in [0.25, 0.3) is 0 Å². The highest BCUT2D eigenvalue weighted by Crippen LogP contribution is 2.28. The van der Waals surface area contributed by atoms with E-state index in [1.807, 2.05) is 36.7 Å². The summed E-state index contributed by atoms with van der Waals surface area (Å²) in [5.41, 5.74) is 2.88. The van der Waals surface area contributed by atoms with Crippen molar-refractivity contribution in [3.8, 4) is 0 Å². The second-order valence-corrected chi connectivity index (χ2v) is 8.38. The minimum Gasteiger partial charge on any atom is -0.326 e. The number of alkyl halides is 3. The number of benzene rings is 1. The smallest absolute Gasteiger partial charge is 0.326 e. The van der Waals surface area contributed by atoms with Crippen molar-refractivity contribution >= 4 is 27.5 Å². The predicted molar refractivity (Wildman–Crippen MR) is 115 cm³/mol. The summed E-state index contributed by atoms with van der Waals surface area (Å²) in [4.78, 5) is 12.6. The Bertz CT molecular complexity index is 1100. The Balaban J connectivity index is 1.67. The number of hydrogen-bond acceptors (Lipinski definition) is 3. The van der Waals surface area contributed by atoms with Gasteiger partial charge in [0.15, 0.2) is 5.69 Å². The standard InChI is InChI=1S/C21H23BrF3N5O/c1-12(10-29-13(2)8-18(28-29)21(23,24)25)20(31)26-17-7-5-6-16(9-17)11-30-15(4)19(22)14(3)27-30/h5-9,12H,10-11H2,1-4H3,(H,26,31). The summed E-state index contributed by atoms with van der Waals surface area (Å²) in [6.07, 6.45) is -4.51. The van der Waals surface area contributed by atoms with Gasteiger partial charge in [0, 0.05) is 11.4 Å². The molecular weight excluding hydrogens is 475 g/mol. The highest BCUT2D eigenvalue weighted by Gasteiger charge is 2.34. The monoisotopic (exact) mass is 497 g/mol. The van der Waals surface area contributed by atoms with Gasteiger partial charge < -0.3 is 5.32 Å². The molecule has 0 aliphatic carbocycles. The fourth-order valence-corrected chi connectivity index (χ4v) is 3.47. The molecule has 0 fully saturated rings. The number of halogens is 4. The lowest BCUT2D eigenvalue weighted by Crippen LogP contribution is -2.25. The molecule has 1 N–H and O–H groups in total. The number of nitrogens with zero attached hydrogens (tertiary/aromatic N) is 4. The van der Waals surface area contributed by atoms with Crippen molar-refractivity contribution in [3.63, 3.8) is 0 Å². The minimum absolute atomic E-state index is 0.0488. The zero-order valence-corrected chi connectivity index (χ0v) is 19.2. The molecular formula is C21H23BrF3N5O. The first-order chi connectivity index (χ1) is 14.5. The Labute approximate surface area is 186 Å². The second-order valence-electron chi connectivity index (χ2n) is 7.58. The van der Waals surface area contributed by atoms with Crippen LogP contribution in [0.15, 0.2) is 34.8 Å². The van der Waals surface area contributed by atoms with Gasteiger partial charge in [-0.1, -0.05) is 19.1 Å². The minimum atomic E-state index is -4.51. The largest absolute Gasteiger partial charge is 0.435 e. The highest BCUT2D eigenvalue weighted by atomic mass is 79.9. The first kappa shape index (κ1) is 23.1. The van der Waals surface area contributed by atoms with Crippen LogP contribution in [0.1, 0.15) is 35.3 Å². The van der Waals surface area contributed by atoms with Crippen LogP contribution in [0, 0.1) is 26.7 Å². The molecule has 1 amide bonds. The van der Waals surface area contributed by atoms with Gasteiger partial charge in [0.1, 0.15) is 0 Å². The summed E-state index contributed by atoms with van der Waals surface area (Å²) in [5.74, 6) is -0.871. The molecule has 3 rings (SSSR count). The van der Waals surface area contributed by atoms with Gasteiger partial charge in [-0.05, 0) is 60.5 Å². The second kappa shape index (κ2) is 8.86. The van der Waals surface area contributed by atoms with Crippen molar-refractivity contribution in [1.29, 1.82) is 0 Å². The molecule has 3 aromatic rings. The number of hydrogen-bond donors (Lipinski definition) is 1. The average Bonchev–Trinajstić information content (AvgIpc) is 3.17. The number of nitrogens with one attached hydrogen (secondary N) is 1. The summed E-state index contributed by atoms with van der Waals surface area (Å²) in [6.45, 7) is 7.68. The third-order valence-electron chi connectivity index (χ3n) is 4.99. The molecule has 31 heavy (non-hydrogen) atoms. The third kappa shape index (κ3) is 5.36. The first-order valence-electron chi connectivity index (χ1n) is 9.66. The van der Waals surface area contributed by atoms with E-state index in [9.17, 15) is 18.0 Å². The van der Waals surface area contributed by atoms with E-state index in [0.717, 1.165) is 27.5 Å². The number of anilines is 1. The SMILES string of the molecule is Cc1nn(Cc2cccc(NC(=O)C(C)Cn3nc(C(F)(F)F)cc3C)c2)c(C)c1Br. The van der Waals surface area contributed by atoms with Crippen molar-refractivity contribution in [2.45, 2.75) is 47.0 Å². The van der Waals surface area contributed by atoms with Gasteiger partial charge in [0.2, 0.25) is 5.91 Å². The lowest BCUT2D eigenvalue weighted by molar-refractivity contribution is -0.141. The lowest BCUT2D eigenvalue weighted by Gasteiger charge is -2.14. The van der Waals surface area contributed by atoms with Crippen LogP contribution in [0.5, 0.6) is 0 Å². The number of carbonyl (C=O) groups is 1. The molecule has 0 spiro atoms. The number of aromatic nitrogens is 4. The summed E-state index contributed by atoms with van der Waals surface area (Å²) < 4.78 is 42.6. The van der Waals surface area contributed by atoms with Gasteiger partial charge in [-0.25, -0.2) is 0 Å². The maximum Gasteiger partial charge on any atom is 0.435 e. The average molecular weight is 498 g/mol. The Kier molecular flexibility index (Phi) is 6.59. The number of amides is 1. The molecule has 10 heteroatoms. The van der Waals surface area contributed by atoms with E-state index in [0.29, 0.717) is 17.9 Å². The van der Waals surface area contributed by atoms with Gasteiger partial charge in [-0.15, -0.1) is 0 Å². The molecule has 1 atom stereocenters. The molecule has 166 valence electrons. The topological polar surface area (TPSA) is 64.7 Å². The molecule has 0 saturated carbocycles. The van der Waals surface area contributed by atoms with Crippen molar-refractivity contribution in [2.24, 2.45) is 5.92 Å². The Morgan fingerprint density at radius 1 is 1.16 bits per heavy atom. The predicted octanol–water partition coefficient (Wildman–Crippen LogP) is 5.11. The van der Waals surface area contributed by atoms with Crippen LogP contribution >= 0.6 is 15.9 Å². The summed E-state index contributed by atoms with van der Waals surface area (Å²) in [7, 11) is 0. The van der Waals surface area contributed by atoms with Gasteiger partial charge in [-0.2, -0.15) is 23.4 Å². The van der Waals surface area contributed by atoms with Gasteiger partial charge in [-0.3, -0.25) is 14.2 Å². The molecule has 1 unspecified atom stereocenters. The van der Waals surface area contributed by atoms with Crippen molar-refractivity contribution in [1.82, 2.24) is 19.6 Å². The summed E-state index contributed by atoms with van der Waals surface area (Å²) in [6, 6.07) is 8.38. The maximum absolute atomic E-state index is 12.8. The van der Waals surface area contributed by atoms with Crippen LogP contribution in [0.4, 0.5) is 18.9 Å². The van der Waals surface area contributed by atoms with Gasteiger partial charge >= 0.3 is 6.18 Å². The number of carbonyl (C=O) groups excluding carboxylic acids is 1. The van der Waals surface area contributed by atoms with Crippen LogP contribution < -0.4 is 5.32 Å². The third-order valence-corrected chi connectivity index (χ3v) is 6.13. The van der Waals surface area contributed by atoms with E-state index in [1.165, 1.54) is 11.6 Å². The molecule has 1 aromatic carbocycles. The van der Waals surface area contributed by atoms with Gasteiger partial charge in [0.25, 0.3) is 0 Å².